The third-order valence-corrected chi connectivity index (χ3v) is 9.58. The third-order valence-electron chi connectivity index (χ3n) is 8.37. The molecule has 3 aliphatic heterocycles. The minimum Gasteiger partial charge on any atom is -0.461 e. The minimum atomic E-state index is -0.835. The van der Waals surface area contributed by atoms with Crippen molar-refractivity contribution in [2.75, 3.05) is 43.4 Å². The Bertz CT molecular complexity index is 1640. The lowest BCUT2D eigenvalue weighted by molar-refractivity contribution is 0.107. The molecule has 7 nitrogen and oxygen atoms in total. The number of hydrogen-bond donors (Lipinski definition) is 1. The van der Waals surface area contributed by atoms with Gasteiger partial charge in [0.1, 0.15) is 24.4 Å². The molecule has 0 spiro atoms. The largest absolute Gasteiger partial charge is 0.461 e. The molecule has 5 heterocycles. The second-order valence-electron chi connectivity index (χ2n) is 10.9. The summed E-state index contributed by atoms with van der Waals surface area (Å²) in [6.07, 6.45) is 7.77. The zero-order chi connectivity index (χ0) is 27.4. The molecule has 2 unspecified atom stereocenters. The summed E-state index contributed by atoms with van der Waals surface area (Å²) in [5.41, 5.74) is 8.11. The molecular weight excluding hydrogens is 554 g/mol. The number of nitrogen functional groups attached to an aromatic ring is 1. The number of benzene rings is 2. The summed E-state index contributed by atoms with van der Waals surface area (Å²) in [5.74, 6) is 0.387. The van der Waals surface area contributed by atoms with E-state index in [2.05, 4.69) is 26.9 Å². The van der Waals surface area contributed by atoms with E-state index in [0.29, 0.717) is 51.5 Å². The van der Waals surface area contributed by atoms with E-state index in [1.54, 1.807) is 6.07 Å². The van der Waals surface area contributed by atoms with Gasteiger partial charge in [0.2, 0.25) is 0 Å². The van der Waals surface area contributed by atoms with E-state index in [9.17, 15) is 8.78 Å². The SMILES string of the molecule is Nc1nc2c(-c3cc4nc(OCC56CCCN5CC(F)C6)nc(N5CCC=CCC5)c4cc3Cl)ccc(F)c2s1. The van der Waals surface area contributed by atoms with Gasteiger partial charge in [0.15, 0.2) is 5.13 Å². The topological polar surface area (TPSA) is 80.4 Å². The third kappa shape index (κ3) is 4.46. The molecule has 4 aromatic rings. The van der Waals surface area contributed by atoms with Crippen molar-refractivity contribution in [2.24, 2.45) is 0 Å². The normalized spacial score (nSPS) is 23.3. The quantitative estimate of drug-likeness (QED) is 0.273. The summed E-state index contributed by atoms with van der Waals surface area (Å²) >= 11 is 7.99. The van der Waals surface area contributed by atoms with Gasteiger partial charge < -0.3 is 15.4 Å². The fourth-order valence-electron chi connectivity index (χ4n) is 6.50. The van der Waals surface area contributed by atoms with Crippen LogP contribution in [0.2, 0.25) is 5.02 Å². The standard InChI is InChI=1S/C29H29ClF2N6OS/c30-21-12-20-23(13-19(21)18-6-7-22(32)25-24(18)35-27(33)40-25)34-28(36-26(20)37-9-3-1-2-4-10-37)39-16-29-8-5-11-38(29)15-17(31)14-29/h1-2,6-7,12-13,17H,3-5,8-11,14-16H2,(H2,33,35). The number of anilines is 2. The summed E-state index contributed by atoms with van der Waals surface area (Å²) in [4.78, 5) is 18.5. The number of nitrogens with zero attached hydrogens (tertiary/aromatic N) is 5. The Morgan fingerprint density at radius 1 is 1.10 bits per heavy atom. The number of fused-ring (bicyclic) bond motifs is 3. The van der Waals surface area contributed by atoms with Crippen LogP contribution in [0.1, 0.15) is 32.1 Å². The zero-order valence-corrected chi connectivity index (χ0v) is 23.4. The lowest BCUT2D eigenvalue weighted by Gasteiger charge is -2.31. The van der Waals surface area contributed by atoms with Crippen LogP contribution in [-0.2, 0) is 0 Å². The van der Waals surface area contributed by atoms with Gasteiger partial charge in [0, 0.05) is 47.6 Å². The van der Waals surface area contributed by atoms with Crippen LogP contribution in [0.3, 0.4) is 0 Å². The van der Waals surface area contributed by atoms with Crippen LogP contribution < -0.4 is 15.4 Å². The minimum absolute atomic E-state index is 0.263. The Labute approximate surface area is 239 Å². The highest BCUT2D eigenvalue weighted by molar-refractivity contribution is 7.22. The predicted octanol–water partition coefficient (Wildman–Crippen LogP) is 6.39. The lowest BCUT2D eigenvalue weighted by atomic mass is 9.95. The molecule has 3 aliphatic rings. The Morgan fingerprint density at radius 2 is 1.93 bits per heavy atom. The van der Waals surface area contributed by atoms with Crippen molar-refractivity contribution in [2.45, 2.75) is 43.8 Å². The van der Waals surface area contributed by atoms with E-state index in [-0.39, 0.29) is 22.5 Å². The molecule has 0 saturated carbocycles. The van der Waals surface area contributed by atoms with Crippen LogP contribution >= 0.6 is 22.9 Å². The van der Waals surface area contributed by atoms with Crippen LogP contribution in [0.5, 0.6) is 6.01 Å². The van der Waals surface area contributed by atoms with Crippen molar-refractivity contribution < 1.29 is 13.5 Å². The molecule has 2 aromatic heterocycles. The number of aromatic nitrogens is 3. The number of nitrogens with two attached hydrogens (primary N) is 1. The molecule has 2 saturated heterocycles. The van der Waals surface area contributed by atoms with Crippen LogP contribution in [0.25, 0.3) is 32.2 Å². The summed E-state index contributed by atoms with van der Waals surface area (Å²) < 4.78 is 35.6. The highest BCUT2D eigenvalue weighted by Gasteiger charge is 2.49. The van der Waals surface area contributed by atoms with Gasteiger partial charge in [-0.2, -0.15) is 9.97 Å². The molecule has 0 aliphatic carbocycles. The van der Waals surface area contributed by atoms with Crippen molar-refractivity contribution in [1.29, 1.82) is 0 Å². The van der Waals surface area contributed by atoms with Crippen molar-refractivity contribution in [3.63, 3.8) is 0 Å². The van der Waals surface area contributed by atoms with E-state index in [4.69, 9.17) is 32.0 Å². The average molecular weight is 583 g/mol. The molecule has 0 bridgehead atoms. The van der Waals surface area contributed by atoms with Crippen molar-refractivity contribution in [3.05, 3.63) is 47.3 Å². The van der Waals surface area contributed by atoms with Crippen LogP contribution in [0, 0.1) is 5.82 Å². The summed E-state index contributed by atoms with van der Waals surface area (Å²) in [5, 5.41) is 1.58. The molecule has 40 heavy (non-hydrogen) atoms. The summed E-state index contributed by atoms with van der Waals surface area (Å²) in [6.45, 7) is 3.31. The fraction of sp³-hybridized carbons (Fsp3) is 0.414. The van der Waals surface area contributed by atoms with E-state index >= 15 is 0 Å². The van der Waals surface area contributed by atoms with Gasteiger partial charge in [-0.25, -0.2) is 13.8 Å². The Balaban J connectivity index is 1.33. The van der Waals surface area contributed by atoms with Crippen LogP contribution in [-0.4, -0.2) is 64.3 Å². The number of thiazole rings is 1. The van der Waals surface area contributed by atoms with Gasteiger partial charge >= 0.3 is 6.01 Å². The molecule has 0 radical (unpaired) electrons. The first-order valence-electron chi connectivity index (χ1n) is 13.7. The maximum atomic E-state index is 14.5. The summed E-state index contributed by atoms with van der Waals surface area (Å²) in [6, 6.07) is 7.11. The first kappa shape index (κ1) is 25.9. The van der Waals surface area contributed by atoms with Crippen molar-refractivity contribution >= 4 is 55.0 Å². The van der Waals surface area contributed by atoms with Gasteiger partial charge in [0.05, 0.1) is 21.3 Å². The molecule has 208 valence electrons. The molecule has 2 fully saturated rings. The lowest BCUT2D eigenvalue weighted by Crippen LogP contribution is -2.43. The Kier molecular flexibility index (Phi) is 6.52. The molecular formula is C29H29ClF2N6OS. The van der Waals surface area contributed by atoms with E-state index < -0.39 is 6.17 Å². The first-order valence-corrected chi connectivity index (χ1v) is 14.9. The molecule has 11 heteroatoms. The van der Waals surface area contributed by atoms with Gasteiger partial charge in [-0.05, 0) is 56.5 Å². The molecule has 2 aromatic carbocycles. The van der Waals surface area contributed by atoms with Crippen LogP contribution in [0.4, 0.5) is 19.7 Å². The maximum absolute atomic E-state index is 14.5. The molecule has 7 rings (SSSR count). The van der Waals surface area contributed by atoms with Crippen molar-refractivity contribution in [1.82, 2.24) is 19.9 Å². The van der Waals surface area contributed by atoms with Gasteiger partial charge in [0.25, 0.3) is 0 Å². The first-order chi connectivity index (χ1) is 19.4. The average Bonchev–Trinajstić information content (AvgIpc) is 3.51. The smallest absolute Gasteiger partial charge is 0.319 e. The number of hydrogen-bond acceptors (Lipinski definition) is 8. The second-order valence-corrected chi connectivity index (χ2v) is 12.3. The Hall–Kier alpha value is -3.08. The molecule has 2 atom stereocenters. The van der Waals surface area contributed by atoms with E-state index in [1.165, 1.54) is 6.07 Å². The second kappa shape index (κ2) is 10.1. The van der Waals surface area contributed by atoms with Gasteiger partial charge in [-0.3, -0.25) is 4.90 Å². The highest BCUT2D eigenvalue weighted by Crippen LogP contribution is 2.42. The van der Waals surface area contributed by atoms with E-state index in [1.807, 2.05) is 12.1 Å². The molecule has 2 N–H and O–H groups in total. The predicted molar refractivity (Wildman–Crippen MR) is 157 cm³/mol. The number of alkyl halides is 1. The van der Waals surface area contributed by atoms with Gasteiger partial charge in [-0.1, -0.05) is 35.1 Å². The number of ether oxygens (including phenoxy) is 1. The van der Waals surface area contributed by atoms with Crippen molar-refractivity contribution in [3.8, 4) is 17.1 Å². The highest BCUT2D eigenvalue weighted by atomic mass is 35.5. The van der Waals surface area contributed by atoms with Crippen LogP contribution in [0.15, 0.2) is 36.4 Å². The number of rotatable bonds is 5. The van der Waals surface area contributed by atoms with E-state index in [0.717, 1.165) is 67.9 Å². The monoisotopic (exact) mass is 582 g/mol. The molecule has 0 amide bonds. The zero-order valence-electron chi connectivity index (χ0n) is 21.9. The Morgan fingerprint density at radius 3 is 2.75 bits per heavy atom. The maximum Gasteiger partial charge on any atom is 0.319 e. The summed E-state index contributed by atoms with van der Waals surface area (Å²) in [7, 11) is 0. The van der Waals surface area contributed by atoms with Gasteiger partial charge in [-0.15, -0.1) is 0 Å². The fourth-order valence-corrected chi connectivity index (χ4v) is 7.53. The number of halogens is 3.